The summed E-state index contributed by atoms with van der Waals surface area (Å²) in [5.74, 6) is 0.496. The van der Waals surface area contributed by atoms with Gasteiger partial charge >= 0.3 is 0 Å². The SMILES string of the molecule is COc1ccc2c(c1)CCc1c(C(=O)NC3CC4(C3)CC(Oc3ncccc3C(N)=O)C4)nn(C)c1-2. The van der Waals surface area contributed by atoms with Gasteiger partial charge in [-0.1, -0.05) is 0 Å². The van der Waals surface area contributed by atoms with Crippen LogP contribution in [0.1, 0.15) is 57.7 Å². The molecule has 9 nitrogen and oxygen atoms in total. The molecule has 0 bridgehead atoms. The summed E-state index contributed by atoms with van der Waals surface area (Å²) in [6.45, 7) is 0. The number of nitrogens with one attached hydrogen (secondary N) is 1. The Morgan fingerprint density at radius 2 is 1.97 bits per heavy atom. The molecule has 2 fully saturated rings. The first-order chi connectivity index (χ1) is 17.4. The van der Waals surface area contributed by atoms with Crippen molar-refractivity contribution >= 4 is 11.8 Å². The molecule has 3 aromatic rings. The van der Waals surface area contributed by atoms with Gasteiger partial charge < -0.3 is 20.5 Å². The van der Waals surface area contributed by atoms with Gasteiger partial charge in [0.05, 0.1) is 12.8 Å². The number of pyridine rings is 1. The van der Waals surface area contributed by atoms with E-state index in [9.17, 15) is 9.59 Å². The van der Waals surface area contributed by atoms with Crippen molar-refractivity contribution in [3.8, 4) is 22.9 Å². The van der Waals surface area contributed by atoms with Crippen LogP contribution in [-0.2, 0) is 19.9 Å². The molecule has 3 aliphatic rings. The summed E-state index contributed by atoms with van der Waals surface area (Å²) >= 11 is 0. The van der Waals surface area contributed by atoms with Crippen molar-refractivity contribution in [3.05, 3.63) is 58.9 Å². The predicted molar refractivity (Wildman–Crippen MR) is 132 cm³/mol. The van der Waals surface area contributed by atoms with E-state index in [4.69, 9.17) is 15.2 Å². The number of nitrogens with two attached hydrogens (primary N) is 1. The van der Waals surface area contributed by atoms with Crippen LogP contribution in [0.15, 0.2) is 36.5 Å². The second-order valence-electron chi connectivity index (χ2n) is 10.3. The van der Waals surface area contributed by atoms with E-state index in [1.54, 1.807) is 25.4 Å². The van der Waals surface area contributed by atoms with Crippen LogP contribution in [0.2, 0.25) is 0 Å². The number of rotatable bonds is 6. The van der Waals surface area contributed by atoms with Crippen molar-refractivity contribution in [2.75, 3.05) is 7.11 Å². The number of aromatic nitrogens is 3. The van der Waals surface area contributed by atoms with Gasteiger partial charge in [-0.25, -0.2) is 4.98 Å². The molecular weight excluding hydrogens is 458 g/mol. The number of primary amides is 1. The Bertz CT molecular complexity index is 1370. The maximum atomic E-state index is 13.2. The third-order valence-electron chi connectivity index (χ3n) is 7.90. The lowest BCUT2D eigenvalue weighted by molar-refractivity contribution is -0.0848. The normalized spacial score (nSPS) is 23.6. The molecule has 3 aliphatic carbocycles. The molecule has 0 unspecified atom stereocenters. The lowest BCUT2D eigenvalue weighted by atomic mass is 9.53. The lowest BCUT2D eigenvalue weighted by Crippen LogP contribution is -2.58. The molecule has 2 amide bonds. The van der Waals surface area contributed by atoms with E-state index in [-0.39, 0.29) is 23.5 Å². The number of carbonyl (C=O) groups excluding carboxylic acids is 2. The first-order valence-corrected chi connectivity index (χ1v) is 12.3. The van der Waals surface area contributed by atoms with Crippen molar-refractivity contribution in [1.82, 2.24) is 20.1 Å². The number of hydrogen-bond donors (Lipinski definition) is 2. The van der Waals surface area contributed by atoms with Crippen molar-refractivity contribution in [2.24, 2.45) is 18.2 Å². The molecule has 0 atom stereocenters. The van der Waals surface area contributed by atoms with Gasteiger partial charge in [-0.05, 0) is 79.8 Å². The molecule has 186 valence electrons. The molecule has 0 aliphatic heterocycles. The molecule has 9 heteroatoms. The number of nitrogens with zero attached hydrogens (tertiary/aromatic N) is 3. The zero-order chi connectivity index (χ0) is 25.0. The summed E-state index contributed by atoms with van der Waals surface area (Å²) < 4.78 is 13.1. The summed E-state index contributed by atoms with van der Waals surface area (Å²) in [4.78, 5) is 28.9. The largest absolute Gasteiger partial charge is 0.497 e. The van der Waals surface area contributed by atoms with E-state index in [0.717, 1.165) is 61.1 Å². The number of fused-ring (bicyclic) bond motifs is 3. The highest BCUT2D eigenvalue weighted by Gasteiger charge is 2.54. The smallest absolute Gasteiger partial charge is 0.272 e. The average Bonchev–Trinajstić information content (AvgIpc) is 3.18. The van der Waals surface area contributed by atoms with Gasteiger partial charge in [-0.3, -0.25) is 14.3 Å². The number of ether oxygens (including phenoxy) is 2. The van der Waals surface area contributed by atoms with Crippen LogP contribution in [0.4, 0.5) is 0 Å². The fourth-order valence-electron chi connectivity index (χ4n) is 6.21. The molecule has 0 radical (unpaired) electrons. The van der Waals surface area contributed by atoms with Crippen molar-refractivity contribution in [1.29, 1.82) is 0 Å². The Hall–Kier alpha value is -3.88. The Balaban J connectivity index is 1.07. The first kappa shape index (κ1) is 22.6. The van der Waals surface area contributed by atoms with E-state index in [2.05, 4.69) is 27.5 Å². The Morgan fingerprint density at radius 3 is 2.72 bits per heavy atom. The molecule has 2 saturated carbocycles. The fourth-order valence-corrected chi connectivity index (χ4v) is 6.21. The third kappa shape index (κ3) is 3.70. The molecule has 1 aromatic carbocycles. The summed E-state index contributed by atoms with van der Waals surface area (Å²) in [6.07, 6.45) is 6.84. The number of carbonyl (C=O) groups is 2. The van der Waals surface area contributed by atoms with E-state index < -0.39 is 5.91 Å². The van der Waals surface area contributed by atoms with Crippen molar-refractivity contribution in [3.63, 3.8) is 0 Å². The fraction of sp³-hybridized carbons (Fsp3) is 0.407. The number of benzene rings is 1. The van der Waals surface area contributed by atoms with Gasteiger partial charge in [0.15, 0.2) is 5.69 Å². The second kappa shape index (κ2) is 8.36. The molecule has 2 heterocycles. The topological polar surface area (TPSA) is 121 Å². The van der Waals surface area contributed by atoms with Crippen LogP contribution in [0, 0.1) is 5.41 Å². The molecule has 2 aromatic heterocycles. The van der Waals surface area contributed by atoms with Crippen LogP contribution in [-0.4, -0.2) is 45.8 Å². The minimum atomic E-state index is -0.543. The monoisotopic (exact) mass is 487 g/mol. The van der Waals surface area contributed by atoms with Crippen LogP contribution in [0.3, 0.4) is 0 Å². The zero-order valence-electron chi connectivity index (χ0n) is 20.4. The second-order valence-corrected chi connectivity index (χ2v) is 10.3. The first-order valence-electron chi connectivity index (χ1n) is 12.3. The van der Waals surface area contributed by atoms with Crippen molar-refractivity contribution in [2.45, 2.75) is 50.7 Å². The quantitative estimate of drug-likeness (QED) is 0.552. The summed E-state index contributed by atoms with van der Waals surface area (Å²) in [7, 11) is 3.57. The molecule has 1 spiro atoms. The summed E-state index contributed by atoms with van der Waals surface area (Å²) in [5, 5.41) is 7.81. The third-order valence-corrected chi connectivity index (χ3v) is 7.90. The molecular formula is C27H29N5O4. The highest BCUT2D eigenvalue weighted by Crippen LogP contribution is 2.56. The highest BCUT2D eigenvalue weighted by molar-refractivity contribution is 5.96. The van der Waals surface area contributed by atoms with Gasteiger partial charge in [-0.2, -0.15) is 5.10 Å². The number of aryl methyl sites for hydroxylation is 2. The number of hydrogen-bond acceptors (Lipinski definition) is 6. The van der Waals surface area contributed by atoms with Crippen molar-refractivity contribution < 1.29 is 19.1 Å². The zero-order valence-corrected chi connectivity index (χ0v) is 20.4. The number of amides is 2. The van der Waals surface area contributed by atoms with Crippen LogP contribution in [0.25, 0.3) is 11.3 Å². The van der Waals surface area contributed by atoms with Crippen LogP contribution >= 0.6 is 0 Å². The minimum Gasteiger partial charge on any atom is -0.497 e. The summed E-state index contributed by atoms with van der Waals surface area (Å²) in [6, 6.07) is 9.50. The maximum Gasteiger partial charge on any atom is 0.272 e. The number of methoxy groups -OCH3 is 1. The maximum absolute atomic E-state index is 13.2. The predicted octanol–water partition coefficient (Wildman–Crippen LogP) is 2.81. The van der Waals surface area contributed by atoms with Gasteiger partial charge in [-0.15, -0.1) is 0 Å². The van der Waals surface area contributed by atoms with E-state index in [1.165, 1.54) is 5.56 Å². The molecule has 36 heavy (non-hydrogen) atoms. The summed E-state index contributed by atoms with van der Waals surface area (Å²) in [5.41, 5.74) is 10.8. The van der Waals surface area contributed by atoms with E-state index in [0.29, 0.717) is 17.1 Å². The lowest BCUT2D eigenvalue weighted by Gasteiger charge is -2.57. The average molecular weight is 488 g/mol. The molecule has 3 N–H and O–H groups in total. The van der Waals surface area contributed by atoms with Gasteiger partial charge in [0.1, 0.15) is 17.4 Å². The molecule has 0 saturated heterocycles. The van der Waals surface area contributed by atoms with E-state index in [1.807, 2.05) is 17.8 Å². The Morgan fingerprint density at radius 1 is 1.17 bits per heavy atom. The Labute approximate surface area is 209 Å². The van der Waals surface area contributed by atoms with Crippen LogP contribution in [0.5, 0.6) is 11.6 Å². The standard InChI is InChI=1S/C27H29N5O4/c1-32-23-19-8-6-17(35-2)10-15(19)5-7-20(23)22(31-32)25(34)30-16-11-27(12-16)13-18(14-27)36-26-21(24(28)33)4-3-9-29-26/h3-4,6,8-10,16,18H,5,7,11-14H2,1-2H3,(H2,28,33)(H,30,34). The van der Waals surface area contributed by atoms with Gasteiger partial charge in [0, 0.05) is 30.4 Å². The van der Waals surface area contributed by atoms with Gasteiger partial charge in [0.2, 0.25) is 5.88 Å². The van der Waals surface area contributed by atoms with Gasteiger partial charge in [0.25, 0.3) is 11.8 Å². The van der Waals surface area contributed by atoms with E-state index >= 15 is 0 Å². The minimum absolute atomic E-state index is 0.0103. The van der Waals surface area contributed by atoms with Crippen LogP contribution < -0.4 is 20.5 Å². The molecule has 6 rings (SSSR count). The highest BCUT2D eigenvalue weighted by atomic mass is 16.5. The Kier molecular flexibility index (Phi) is 5.24.